The average molecular weight is 302 g/mol. The molecule has 0 aromatic heterocycles. The Morgan fingerprint density at radius 3 is 2.30 bits per heavy atom. The van der Waals surface area contributed by atoms with Crippen LogP contribution in [0.25, 0.3) is 11.1 Å². The van der Waals surface area contributed by atoms with Crippen molar-refractivity contribution in [2.45, 2.75) is 13.0 Å². The molecule has 4 rings (SSSR count). The lowest BCUT2D eigenvalue weighted by atomic mass is 9.90. The zero-order valence-electron chi connectivity index (χ0n) is 13.0. The van der Waals surface area contributed by atoms with Crippen molar-refractivity contribution >= 4 is 0 Å². The van der Waals surface area contributed by atoms with Crippen molar-refractivity contribution in [3.05, 3.63) is 83.9 Å². The molecule has 0 aliphatic carbocycles. The fourth-order valence-electron chi connectivity index (χ4n) is 3.11. The third-order valence-electron chi connectivity index (χ3n) is 4.16. The number of rotatable bonds is 3. The summed E-state index contributed by atoms with van der Waals surface area (Å²) < 4.78 is 11.8. The maximum Gasteiger partial charge on any atom is 0.149 e. The van der Waals surface area contributed by atoms with Gasteiger partial charge in [-0.3, -0.25) is 0 Å². The van der Waals surface area contributed by atoms with Gasteiger partial charge in [0.1, 0.15) is 17.6 Å². The summed E-state index contributed by atoms with van der Waals surface area (Å²) in [6.45, 7) is 2.67. The predicted molar refractivity (Wildman–Crippen MR) is 92.0 cm³/mol. The zero-order valence-corrected chi connectivity index (χ0v) is 13.0. The first-order chi connectivity index (χ1) is 11.4. The average Bonchev–Trinajstić information content (AvgIpc) is 2.62. The van der Waals surface area contributed by atoms with Crippen molar-refractivity contribution in [2.24, 2.45) is 0 Å². The van der Waals surface area contributed by atoms with Crippen LogP contribution < -0.4 is 9.47 Å². The number of fused-ring (bicyclic) bond motifs is 3. The molecule has 0 saturated heterocycles. The summed E-state index contributed by atoms with van der Waals surface area (Å²) in [7, 11) is 0. The molecule has 1 aliphatic rings. The Labute approximate surface area is 136 Å². The summed E-state index contributed by atoms with van der Waals surface area (Å²) in [5.74, 6) is 1.82. The molecule has 0 amide bonds. The van der Waals surface area contributed by atoms with Crippen molar-refractivity contribution < 1.29 is 9.47 Å². The fourth-order valence-corrected chi connectivity index (χ4v) is 3.11. The fraction of sp³-hybridized carbons (Fsp3) is 0.143. The molecule has 1 unspecified atom stereocenters. The monoisotopic (exact) mass is 302 g/mol. The smallest absolute Gasteiger partial charge is 0.149 e. The highest BCUT2D eigenvalue weighted by molar-refractivity contribution is 5.76. The van der Waals surface area contributed by atoms with E-state index in [0.29, 0.717) is 6.61 Å². The highest BCUT2D eigenvalue weighted by atomic mass is 16.5. The maximum absolute atomic E-state index is 6.30. The molecule has 0 spiro atoms. The highest BCUT2D eigenvalue weighted by Gasteiger charge is 2.26. The van der Waals surface area contributed by atoms with E-state index in [1.807, 2.05) is 31.2 Å². The second kappa shape index (κ2) is 5.81. The van der Waals surface area contributed by atoms with Gasteiger partial charge in [0.05, 0.1) is 6.61 Å². The standard InChI is InChI=1S/C21H18O2/c1-2-22-16-13-11-15(12-14-16)21-19-9-4-3-7-17(19)18-8-5-6-10-20(18)23-21/h3-14,21H,2H2,1H3. The Morgan fingerprint density at radius 2 is 1.52 bits per heavy atom. The molecular weight excluding hydrogens is 284 g/mol. The van der Waals surface area contributed by atoms with Gasteiger partial charge in [-0.05, 0) is 36.2 Å². The number of ether oxygens (including phenoxy) is 2. The van der Waals surface area contributed by atoms with Crippen LogP contribution in [0.3, 0.4) is 0 Å². The molecule has 0 fully saturated rings. The maximum atomic E-state index is 6.30. The summed E-state index contributed by atoms with van der Waals surface area (Å²) in [5.41, 5.74) is 4.74. The minimum Gasteiger partial charge on any atom is -0.494 e. The Kier molecular flexibility index (Phi) is 3.51. The highest BCUT2D eigenvalue weighted by Crippen LogP contribution is 2.44. The van der Waals surface area contributed by atoms with E-state index in [1.54, 1.807) is 0 Å². The van der Waals surface area contributed by atoms with Crippen molar-refractivity contribution in [1.82, 2.24) is 0 Å². The van der Waals surface area contributed by atoms with Gasteiger partial charge in [0.2, 0.25) is 0 Å². The van der Waals surface area contributed by atoms with E-state index in [1.165, 1.54) is 11.1 Å². The lowest BCUT2D eigenvalue weighted by Crippen LogP contribution is -2.15. The van der Waals surface area contributed by atoms with E-state index in [2.05, 4.69) is 48.5 Å². The van der Waals surface area contributed by atoms with E-state index in [4.69, 9.17) is 9.47 Å². The number of hydrogen-bond acceptors (Lipinski definition) is 2. The van der Waals surface area contributed by atoms with Gasteiger partial charge < -0.3 is 9.47 Å². The van der Waals surface area contributed by atoms with Gasteiger partial charge >= 0.3 is 0 Å². The number of para-hydroxylation sites is 1. The van der Waals surface area contributed by atoms with Crippen LogP contribution in [0.1, 0.15) is 24.2 Å². The molecule has 114 valence electrons. The molecule has 23 heavy (non-hydrogen) atoms. The van der Waals surface area contributed by atoms with Crippen LogP contribution in [0.5, 0.6) is 11.5 Å². The molecule has 1 aliphatic heterocycles. The lowest BCUT2D eigenvalue weighted by molar-refractivity contribution is 0.243. The van der Waals surface area contributed by atoms with Crippen LogP contribution >= 0.6 is 0 Å². The van der Waals surface area contributed by atoms with Gasteiger partial charge in [-0.25, -0.2) is 0 Å². The van der Waals surface area contributed by atoms with E-state index in [0.717, 1.165) is 22.6 Å². The SMILES string of the molecule is CCOc1ccc(C2Oc3ccccc3-c3ccccc32)cc1. The third kappa shape index (κ3) is 2.46. The zero-order chi connectivity index (χ0) is 15.6. The van der Waals surface area contributed by atoms with Crippen LogP contribution in [0.4, 0.5) is 0 Å². The van der Waals surface area contributed by atoms with Crippen LogP contribution in [0, 0.1) is 0 Å². The van der Waals surface area contributed by atoms with Crippen LogP contribution in [0.2, 0.25) is 0 Å². The summed E-state index contributed by atoms with van der Waals surface area (Å²) in [6.07, 6.45) is -0.0863. The number of benzene rings is 3. The normalized spacial score (nSPS) is 15.3. The third-order valence-corrected chi connectivity index (χ3v) is 4.16. The van der Waals surface area contributed by atoms with Gasteiger partial charge in [0.25, 0.3) is 0 Å². The van der Waals surface area contributed by atoms with E-state index >= 15 is 0 Å². The van der Waals surface area contributed by atoms with Gasteiger partial charge in [-0.1, -0.05) is 54.6 Å². The summed E-state index contributed by atoms with van der Waals surface area (Å²) in [4.78, 5) is 0. The minimum absolute atomic E-state index is 0.0863. The first kappa shape index (κ1) is 13.9. The number of hydrogen-bond donors (Lipinski definition) is 0. The second-order valence-electron chi connectivity index (χ2n) is 5.58. The molecule has 0 saturated carbocycles. The first-order valence-electron chi connectivity index (χ1n) is 7.94. The molecule has 1 heterocycles. The second-order valence-corrected chi connectivity index (χ2v) is 5.58. The van der Waals surface area contributed by atoms with Crippen molar-refractivity contribution in [2.75, 3.05) is 6.61 Å². The molecule has 3 aromatic rings. The quantitative estimate of drug-likeness (QED) is 0.659. The largest absolute Gasteiger partial charge is 0.494 e. The molecule has 0 N–H and O–H groups in total. The van der Waals surface area contributed by atoms with Crippen molar-refractivity contribution in [3.8, 4) is 22.6 Å². The molecule has 2 nitrogen and oxygen atoms in total. The predicted octanol–water partition coefficient (Wildman–Crippen LogP) is 5.23. The molecule has 0 bridgehead atoms. The Hall–Kier alpha value is -2.74. The molecule has 1 atom stereocenters. The molecular formula is C21H18O2. The van der Waals surface area contributed by atoms with Crippen molar-refractivity contribution in [3.63, 3.8) is 0 Å². The topological polar surface area (TPSA) is 18.5 Å². The Balaban J connectivity index is 1.78. The van der Waals surface area contributed by atoms with Gasteiger partial charge in [-0.15, -0.1) is 0 Å². The minimum atomic E-state index is -0.0863. The van der Waals surface area contributed by atoms with Gasteiger partial charge in [0, 0.05) is 11.1 Å². The van der Waals surface area contributed by atoms with Crippen molar-refractivity contribution in [1.29, 1.82) is 0 Å². The van der Waals surface area contributed by atoms with Crippen LogP contribution in [-0.2, 0) is 0 Å². The lowest BCUT2D eigenvalue weighted by Gasteiger charge is -2.29. The summed E-state index contributed by atoms with van der Waals surface area (Å²) in [5, 5.41) is 0. The molecule has 0 radical (unpaired) electrons. The molecule has 3 aromatic carbocycles. The van der Waals surface area contributed by atoms with Gasteiger partial charge in [0.15, 0.2) is 0 Å². The van der Waals surface area contributed by atoms with Crippen LogP contribution in [-0.4, -0.2) is 6.61 Å². The first-order valence-corrected chi connectivity index (χ1v) is 7.94. The van der Waals surface area contributed by atoms with Gasteiger partial charge in [-0.2, -0.15) is 0 Å². The molecule has 2 heteroatoms. The summed E-state index contributed by atoms with van der Waals surface area (Å²) >= 11 is 0. The summed E-state index contributed by atoms with van der Waals surface area (Å²) in [6, 6.07) is 24.9. The Morgan fingerprint density at radius 1 is 0.826 bits per heavy atom. The van der Waals surface area contributed by atoms with E-state index < -0.39 is 0 Å². The van der Waals surface area contributed by atoms with Crippen LogP contribution in [0.15, 0.2) is 72.8 Å². The van der Waals surface area contributed by atoms with E-state index in [-0.39, 0.29) is 6.10 Å². The van der Waals surface area contributed by atoms with E-state index in [9.17, 15) is 0 Å². The Bertz CT molecular complexity index is 821.